The van der Waals surface area contributed by atoms with Crippen molar-refractivity contribution in [3.63, 3.8) is 0 Å². The lowest BCUT2D eigenvalue weighted by molar-refractivity contribution is 0.102. The van der Waals surface area contributed by atoms with Gasteiger partial charge in [-0.2, -0.15) is 0 Å². The van der Waals surface area contributed by atoms with Gasteiger partial charge in [-0.05, 0) is 20.3 Å². The summed E-state index contributed by atoms with van der Waals surface area (Å²) >= 11 is 1.45. The molecule has 2 aromatic heterocycles. The molecular formula is C13H17N5OS. The molecule has 6 nitrogen and oxygen atoms in total. The van der Waals surface area contributed by atoms with Gasteiger partial charge in [0.2, 0.25) is 0 Å². The second-order valence-corrected chi connectivity index (χ2v) is 5.53. The average molecular weight is 291 g/mol. The molecule has 0 aliphatic rings. The summed E-state index contributed by atoms with van der Waals surface area (Å²) in [4.78, 5) is 25.6. The first-order valence-electron chi connectivity index (χ1n) is 6.41. The third-order valence-corrected chi connectivity index (χ3v) is 3.68. The van der Waals surface area contributed by atoms with Gasteiger partial charge in [0, 0.05) is 11.4 Å². The van der Waals surface area contributed by atoms with Gasteiger partial charge in [-0.25, -0.2) is 15.0 Å². The molecule has 0 fully saturated rings. The van der Waals surface area contributed by atoms with E-state index in [1.807, 2.05) is 13.8 Å². The lowest BCUT2D eigenvalue weighted by atomic mass is 10.4. The number of nitrogens with zero attached hydrogens (tertiary/aromatic N) is 3. The van der Waals surface area contributed by atoms with Crippen LogP contribution in [0.1, 0.15) is 34.4 Å². The second kappa shape index (κ2) is 6.42. The Balaban J connectivity index is 2.01. The summed E-state index contributed by atoms with van der Waals surface area (Å²) in [7, 11) is 0. The van der Waals surface area contributed by atoms with Crippen LogP contribution in [-0.2, 0) is 0 Å². The zero-order valence-electron chi connectivity index (χ0n) is 11.7. The zero-order valence-corrected chi connectivity index (χ0v) is 12.5. The van der Waals surface area contributed by atoms with E-state index in [1.54, 1.807) is 6.20 Å². The summed E-state index contributed by atoms with van der Waals surface area (Å²) in [6.45, 7) is 6.78. The zero-order chi connectivity index (χ0) is 14.5. The summed E-state index contributed by atoms with van der Waals surface area (Å²) in [6, 6.07) is 0. The SMILES string of the molecule is CCCNc1cnc(C(=O)Nc2nc(C)c(C)s2)cn1. The Hall–Kier alpha value is -2.02. The summed E-state index contributed by atoms with van der Waals surface area (Å²) in [5, 5.41) is 6.42. The molecule has 106 valence electrons. The van der Waals surface area contributed by atoms with Crippen molar-refractivity contribution in [2.45, 2.75) is 27.2 Å². The van der Waals surface area contributed by atoms with E-state index in [9.17, 15) is 4.79 Å². The number of nitrogens with one attached hydrogen (secondary N) is 2. The fourth-order valence-corrected chi connectivity index (χ4v) is 2.29. The van der Waals surface area contributed by atoms with Gasteiger partial charge in [0.15, 0.2) is 5.13 Å². The molecule has 0 radical (unpaired) electrons. The highest BCUT2D eigenvalue weighted by Gasteiger charge is 2.11. The minimum absolute atomic E-state index is 0.276. The molecule has 0 bridgehead atoms. The highest BCUT2D eigenvalue weighted by atomic mass is 32.1. The van der Waals surface area contributed by atoms with Gasteiger partial charge >= 0.3 is 0 Å². The Morgan fingerprint density at radius 2 is 2.10 bits per heavy atom. The van der Waals surface area contributed by atoms with Crippen molar-refractivity contribution in [1.29, 1.82) is 0 Å². The van der Waals surface area contributed by atoms with Crippen LogP contribution in [0.4, 0.5) is 10.9 Å². The molecule has 2 rings (SSSR count). The van der Waals surface area contributed by atoms with Gasteiger partial charge in [-0.1, -0.05) is 6.92 Å². The standard InChI is InChI=1S/C13H17N5OS/c1-4-5-14-11-7-15-10(6-16-11)12(19)18-13-17-8(2)9(3)20-13/h6-7H,4-5H2,1-3H3,(H,14,16)(H,17,18,19). The summed E-state index contributed by atoms with van der Waals surface area (Å²) in [5.74, 6) is 0.373. The van der Waals surface area contributed by atoms with Crippen molar-refractivity contribution < 1.29 is 4.79 Å². The Labute approximate surface area is 121 Å². The van der Waals surface area contributed by atoms with Gasteiger partial charge in [0.25, 0.3) is 5.91 Å². The molecule has 7 heteroatoms. The number of amides is 1. The van der Waals surface area contributed by atoms with Crippen molar-refractivity contribution in [3.8, 4) is 0 Å². The topological polar surface area (TPSA) is 79.8 Å². The van der Waals surface area contributed by atoms with E-state index in [0.29, 0.717) is 10.9 Å². The van der Waals surface area contributed by atoms with Crippen molar-refractivity contribution in [1.82, 2.24) is 15.0 Å². The van der Waals surface area contributed by atoms with Gasteiger partial charge in [0.05, 0.1) is 18.1 Å². The van der Waals surface area contributed by atoms with Crippen LogP contribution in [0.2, 0.25) is 0 Å². The first-order valence-corrected chi connectivity index (χ1v) is 7.23. The monoisotopic (exact) mass is 291 g/mol. The van der Waals surface area contributed by atoms with Crippen molar-refractivity contribution >= 4 is 28.2 Å². The molecular weight excluding hydrogens is 274 g/mol. The number of rotatable bonds is 5. The van der Waals surface area contributed by atoms with Crippen LogP contribution < -0.4 is 10.6 Å². The number of hydrogen-bond donors (Lipinski definition) is 2. The van der Waals surface area contributed by atoms with Crippen LogP contribution >= 0.6 is 11.3 Å². The molecule has 2 heterocycles. The highest BCUT2D eigenvalue weighted by Crippen LogP contribution is 2.21. The number of thiazole rings is 1. The third kappa shape index (κ3) is 3.51. The summed E-state index contributed by atoms with van der Waals surface area (Å²) in [6.07, 6.45) is 4.02. The molecule has 0 atom stereocenters. The van der Waals surface area contributed by atoms with Crippen molar-refractivity contribution in [3.05, 3.63) is 28.7 Å². The van der Waals surface area contributed by atoms with Gasteiger partial charge in [-0.3, -0.25) is 10.1 Å². The molecule has 0 unspecified atom stereocenters. The number of anilines is 2. The minimum atomic E-state index is -0.298. The van der Waals surface area contributed by atoms with Crippen LogP contribution in [0.15, 0.2) is 12.4 Å². The Morgan fingerprint density at radius 3 is 2.65 bits per heavy atom. The normalized spacial score (nSPS) is 10.3. The Kier molecular flexibility index (Phi) is 4.62. The van der Waals surface area contributed by atoms with Crippen LogP contribution in [0.25, 0.3) is 0 Å². The molecule has 1 amide bonds. The second-order valence-electron chi connectivity index (χ2n) is 4.33. The van der Waals surface area contributed by atoms with Crippen molar-refractivity contribution in [2.24, 2.45) is 0 Å². The van der Waals surface area contributed by atoms with E-state index < -0.39 is 0 Å². The molecule has 20 heavy (non-hydrogen) atoms. The van der Waals surface area contributed by atoms with E-state index in [2.05, 4.69) is 32.5 Å². The average Bonchev–Trinajstić information content (AvgIpc) is 2.75. The quantitative estimate of drug-likeness (QED) is 0.885. The lowest BCUT2D eigenvalue weighted by Crippen LogP contribution is -2.14. The van der Waals surface area contributed by atoms with E-state index >= 15 is 0 Å². The largest absolute Gasteiger partial charge is 0.369 e. The molecule has 0 saturated heterocycles. The maximum Gasteiger partial charge on any atom is 0.277 e. The third-order valence-electron chi connectivity index (χ3n) is 2.69. The molecule has 2 N–H and O–H groups in total. The highest BCUT2D eigenvalue weighted by molar-refractivity contribution is 7.15. The predicted molar refractivity (Wildman–Crippen MR) is 80.4 cm³/mol. The van der Waals surface area contributed by atoms with Gasteiger partial charge < -0.3 is 5.32 Å². The fraction of sp³-hybridized carbons (Fsp3) is 0.385. The molecule has 0 spiro atoms. The van der Waals surface area contributed by atoms with E-state index in [4.69, 9.17) is 0 Å². The number of carbonyl (C=O) groups is 1. The molecule has 0 aliphatic carbocycles. The first kappa shape index (κ1) is 14.4. The smallest absolute Gasteiger partial charge is 0.277 e. The van der Waals surface area contributed by atoms with Gasteiger partial charge in [-0.15, -0.1) is 11.3 Å². The van der Waals surface area contributed by atoms with Crippen LogP contribution in [-0.4, -0.2) is 27.4 Å². The van der Waals surface area contributed by atoms with E-state index in [-0.39, 0.29) is 11.6 Å². The fourth-order valence-electron chi connectivity index (χ4n) is 1.48. The molecule has 0 saturated carbocycles. The van der Waals surface area contributed by atoms with Crippen LogP contribution in [0, 0.1) is 13.8 Å². The number of aromatic nitrogens is 3. The number of carbonyl (C=O) groups excluding carboxylic acids is 1. The van der Waals surface area contributed by atoms with E-state index in [1.165, 1.54) is 17.5 Å². The first-order chi connectivity index (χ1) is 9.60. The van der Waals surface area contributed by atoms with Crippen LogP contribution in [0.3, 0.4) is 0 Å². The Morgan fingerprint density at radius 1 is 1.30 bits per heavy atom. The van der Waals surface area contributed by atoms with Crippen LogP contribution in [0.5, 0.6) is 0 Å². The molecule has 0 aromatic carbocycles. The summed E-state index contributed by atoms with van der Waals surface area (Å²) < 4.78 is 0. The number of hydrogen-bond acceptors (Lipinski definition) is 6. The molecule has 0 aliphatic heterocycles. The molecule has 2 aromatic rings. The van der Waals surface area contributed by atoms with Gasteiger partial charge in [0.1, 0.15) is 11.5 Å². The Bertz CT molecular complexity index is 574. The van der Waals surface area contributed by atoms with Crippen molar-refractivity contribution in [2.75, 3.05) is 17.2 Å². The maximum atomic E-state index is 12.0. The van der Waals surface area contributed by atoms with E-state index in [0.717, 1.165) is 23.5 Å². The summed E-state index contributed by atoms with van der Waals surface area (Å²) in [5.41, 5.74) is 1.20. The minimum Gasteiger partial charge on any atom is -0.369 e. The number of aryl methyl sites for hydroxylation is 2. The maximum absolute atomic E-state index is 12.0. The lowest BCUT2D eigenvalue weighted by Gasteiger charge is -2.04. The predicted octanol–water partition coefficient (Wildman–Crippen LogP) is 2.62.